The minimum atomic E-state index is -3.53. The summed E-state index contributed by atoms with van der Waals surface area (Å²) in [5.41, 5.74) is 2.04. The molecule has 0 bridgehead atoms. The number of hydrogen-bond donors (Lipinski definition) is 1. The van der Waals surface area contributed by atoms with Crippen molar-refractivity contribution in [2.24, 2.45) is 0 Å². The molecule has 1 amide bonds. The second-order valence-electron chi connectivity index (χ2n) is 6.34. The molecule has 1 atom stereocenters. The van der Waals surface area contributed by atoms with Crippen molar-refractivity contribution in [1.82, 2.24) is 9.62 Å². The Morgan fingerprint density at radius 1 is 1.38 bits per heavy atom. The van der Waals surface area contributed by atoms with E-state index in [-0.39, 0.29) is 16.9 Å². The Hall–Kier alpha value is -1.44. The highest BCUT2D eigenvalue weighted by Crippen LogP contribution is 2.23. The van der Waals surface area contributed by atoms with Gasteiger partial charge in [-0.2, -0.15) is 0 Å². The molecule has 1 saturated heterocycles. The Morgan fingerprint density at radius 2 is 2.21 bits per heavy atom. The van der Waals surface area contributed by atoms with Crippen LogP contribution >= 0.6 is 0 Å². The summed E-state index contributed by atoms with van der Waals surface area (Å²) in [5, 5.41) is 0. The van der Waals surface area contributed by atoms with E-state index in [0.717, 1.165) is 24.0 Å². The van der Waals surface area contributed by atoms with Gasteiger partial charge in [0.2, 0.25) is 15.9 Å². The molecule has 7 heteroatoms. The number of sulfonamides is 1. The number of nitrogens with one attached hydrogen (secondary N) is 1. The van der Waals surface area contributed by atoms with Gasteiger partial charge >= 0.3 is 0 Å². The number of amides is 1. The van der Waals surface area contributed by atoms with E-state index in [1.54, 1.807) is 12.1 Å². The van der Waals surface area contributed by atoms with Crippen molar-refractivity contribution in [3.8, 4) is 0 Å². The third-order valence-electron chi connectivity index (χ3n) is 4.68. The van der Waals surface area contributed by atoms with Crippen LogP contribution in [0.25, 0.3) is 0 Å². The molecule has 0 aliphatic carbocycles. The van der Waals surface area contributed by atoms with E-state index in [9.17, 15) is 13.2 Å². The molecule has 0 aromatic heterocycles. The highest BCUT2D eigenvalue weighted by atomic mass is 32.2. The largest absolute Gasteiger partial charge is 0.377 e. The Bertz CT molecular complexity index is 711. The number of carbonyl (C=O) groups excluding carboxylic acids is 1. The first-order valence-electron chi connectivity index (χ1n) is 8.50. The van der Waals surface area contributed by atoms with Crippen molar-refractivity contribution in [3.05, 3.63) is 29.3 Å². The van der Waals surface area contributed by atoms with Gasteiger partial charge < -0.3 is 9.64 Å². The van der Waals surface area contributed by atoms with Crippen LogP contribution < -0.4 is 4.72 Å². The number of fused-ring (bicyclic) bond motifs is 1. The average molecular weight is 352 g/mol. The van der Waals surface area contributed by atoms with Crippen LogP contribution in [-0.4, -0.2) is 45.0 Å². The van der Waals surface area contributed by atoms with Crippen LogP contribution in [-0.2, 0) is 32.5 Å². The van der Waals surface area contributed by atoms with E-state index in [4.69, 9.17) is 4.74 Å². The molecule has 2 aliphatic heterocycles. The van der Waals surface area contributed by atoms with E-state index in [1.807, 2.05) is 17.9 Å². The van der Waals surface area contributed by atoms with Crippen LogP contribution in [0.5, 0.6) is 0 Å². The van der Waals surface area contributed by atoms with Crippen molar-refractivity contribution in [1.29, 1.82) is 0 Å². The number of carbonyl (C=O) groups is 1. The third kappa shape index (κ3) is 3.79. The minimum Gasteiger partial charge on any atom is -0.377 e. The molecule has 0 saturated carbocycles. The summed E-state index contributed by atoms with van der Waals surface area (Å²) in [4.78, 5) is 13.9. The van der Waals surface area contributed by atoms with Crippen molar-refractivity contribution < 1.29 is 17.9 Å². The maximum Gasteiger partial charge on any atom is 0.240 e. The molecule has 1 N–H and O–H groups in total. The van der Waals surface area contributed by atoms with Gasteiger partial charge in [0, 0.05) is 32.7 Å². The summed E-state index contributed by atoms with van der Waals surface area (Å²) in [5.74, 6) is 0.135. The minimum absolute atomic E-state index is 0.0222. The summed E-state index contributed by atoms with van der Waals surface area (Å²) >= 11 is 0. The number of rotatable bonds is 5. The van der Waals surface area contributed by atoms with Gasteiger partial charge in [-0.25, -0.2) is 13.1 Å². The number of benzene rings is 1. The molecule has 1 aromatic carbocycles. The van der Waals surface area contributed by atoms with E-state index < -0.39 is 10.0 Å². The highest BCUT2D eigenvalue weighted by molar-refractivity contribution is 7.89. The fraction of sp³-hybridized carbons (Fsp3) is 0.588. The average Bonchev–Trinajstić information content (AvgIpc) is 3.12. The summed E-state index contributed by atoms with van der Waals surface area (Å²) in [6, 6.07) is 5.18. The van der Waals surface area contributed by atoms with Gasteiger partial charge in [0.25, 0.3) is 0 Å². The Labute approximate surface area is 143 Å². The monoisotopic (exact) mass is 352 g/mol. The fourth-order valence-corrected chi connectivity index (χ4v) is 4.34. The molecular weight excluding hydrogens is 328 g/mol. The maximum atomic E-state index is 12.5. The molecule has 132 valence electrons. The highest BCUT2D eigenvalue weighted by Gasteiger charge is 2.23. The molecule has 3 rings (SSSR count). The first-order valence-corrected chi connectivity index (χ1v) is 9.99. The van der Waals surface area contributed by atoms with Crippen molar-refractivity contribution in [2.45, 2.75) is 50.2 Å². The summed E-state index contributed by atoms with van der Waals surface area (Å²) in [7, 11) is -3.53. The van der Waals surface area contributed by atoms with Gasteiger partial charge in [0.15, 0.2) is 0 Å². The second kappa shape index (κ2) is 7.21. The van der Waals surface area contributed by atoms with Crippen LogP contribution in [0.1, 0.15) is 37.3 Å². The van der Waals surface area contributed by atoms with Crippen molar-refractivity contribution in [3.63, 3.8) is 0 Å². The quantitative estimate of drug-likeness (QED) is 0.870. The van der Waals surface area contributed by atoms with Gasteiger partial charge in [0.05, 0.1) is 11.0 Å². The van der Waals surface area contributed by atoms with E-state index >= 15 is 0 Å². The predicted octanol–water partition coefficient (Wildman–Crippen LogP) is 1.44. The lowest BCUT2D eigenvalue weighted by atomic mass is 10.00. The van der Waals surface area contributed by atoms with Gasteiger partial charge in [-0.15, -0.1) is 0 Å². The standard InChI is InChI=1S/C17H24N2O4S/c1-2-17(20)19-8-7-13-10-16(6-5-14(13)12-19)24(21,22)18-11-15-4-3-9-23-15/h5-6,10,15,18H,2-4,7-9,11-12H2,1H3/t15-/m0/s1. The summed E-state index contributed by atoms with van der Waals surface area (Å²) < 4.78 is 33.0. The molecule has 0 unspecified atom stereocenters. The lowest BCUT2D eigenvalue weighted by Gasteiger charge is -2.29. The molecule has 1 fully saturated rings. The van der Waals surface area contributed by atoms with E-state index in [1.165, 1.54) is 0 Å². The summed E-state index contributed by atoms with van der Waals surface area (Å²) in [6.45, 7) is 4.09. The Morgan fingerprint density at radius 3 is 2.92 bits per heavy atom. The smallest absolute Gasteiger partial charge is 0.240 e. The molecule has 0 radical (unpaired) electrons. The third-order valence-corrected chi connectivity index (χ3v) is 6.10. The number of nitrogens with zero attached hydrogens (tertiary/aromatic N) is 1. The maximum absolute atomic E-state index is 12.5. The van der Waals surface area contributed by atoms with Gasteiger partial charge in [-0.3, -0.25) is 4.79 Å². The second-order valence-corrected chi connectivity index (χ2v) is 8.10. The van der Waals surface area contributed by atoms with E-state index in [0.29, 0.717) is 39.1 Å². The van der Waals surface area contributed by atoms with Crippen LogP contribution in [0, 0.1) is 0 Å². The van der Waals surface area contributed by atoms with Crippen LogP contribution in [0.2, 0.25) is 0 Å². The van der Waals surface area contributed by atoms with Crippen LogP contribution in [0.3, 0.4) is 0 Å². The first kappa shape index (κ1) is 17.4. The predicted molar refractivity (Wildman–Crippen MR) is 90.0 cm³/mol. The first-order chi connectivity index (χ1) is 11.5. The molecule has 2 aliphatic rings. The van der Waals surface area contributed by atoms with Gasteiger partial charge in [-0.1, -0.05) is 13.0 Å². The zero-order chi connectivity index (χ0) is 17.2. The van der Waals surface area contributed by atoms with Gasteiger partial charge in [-0.05, 0) is 42.5 Å². The zero-order valence-corrected chi connectivity index (χ0v) is 14.8. The number of hydrogen-bond acceptors (Lipinski definition) is 4. The molecule has 0 spiro atoms. The van der Waals surface area contributed by atoms with Crippen LogP contribution in [0.4, 0.5) is 0 Å². The normalized spacial score (nSPS) is 20.9. The van der Waals surface area contributed by atoms with Crippen LogP contribution in [0.15, 0.2) is 23.1 Å². The Balaban J connectivity index is 1.70. The van der Waals surface area contributed by atoms with Crippen molar-refractivity contribution in [2.75, 3.05) is 19.7 Å². The lowest BCUT2D eigenvalue weighted by Crippen LogP contribution is -2.36. The summed E-state index contributed by atoms with van der Waals surface area (Å²) in [6.07, 6.45) is 3.04. The topological polar surface area (TPSA) is 75.7 Å². The SMILES string of the molecule is CCC(=O)N1CCc2cc(S(=O)(=O)NC[C@@H]3CCCO3)ccc2C1. The molecule has 1 aromatic rings. The molecular formula is C17H24N2O4S. The fourth-order valence-electron chi connectivity index (χ4n) is 3.22. The zero-order valence-electron chi connectivity index (χ0n) is 14.0. The van der Waals surface area contributed by atoms with E-state index in [2.05, 4.69) is 4.72 Å². The molecule has 2 heterocycles. The lowest BCUT2D eigenvalue weighted by molar-refractivity contribution is -0.131. The number of ether oxygens (including phenoxy) is 1. The molecule has 24 heavy (non-hydrogen) atoms. The molecule has 6 nitrogen and oxygen atoms in total. The Kier molecular flexibility index (Phi) is 5.22. The van der Waals surface area contributed by atoms with Gasteiger partial charge in [0.1, 0.15) is 0 Å². The van der Waals surface area contributed by atoms with Crippen molar-refractivity contribution >= 4 is 15.9 Å².